The molecule has 160 valence electrons. The third-order valence-corrected chi connectivity index (χ3v) is 5.98. The van der Waals surface area contributed by atoms with Crippen LogP contribution in [0.15, 0.2) is 70.2 Å². The number of pyridine rings is 1. The smallest absolute Gasteiger partial charge is 0.171 e. The molecule has 7 heteroatoms. The van der Waals surface area contributed by atoms with Crippen molar-refractivity contribution in [1.82, 2.24) is 9.97 Å². The molecule has 5 rings (SSSR count). The monoisotopic (exact) mass is 462 g/mol. The van der Waals surface area contributed by atoms with Crippen molar-refractivity contribution < 1.29 is 4.42 Å². The largest absolute Gasteiger partial charge is 0.453 e. The van der Waals surface area contributed by atoms with Gasteiger partial charge in [0.2, 0.25) is 0 Å². The lowest BCUT2D eigenvalue weighted by molar-refractivity contribution is 0.613. The second kappa shape index (κ2) is 8.41. The highest BCUT2D eigenvalue weighted by Gasteiger charge is 2.16. The number of rotatable bonds is 4. The lowest BCUT2D eigenvalue weighted by atomic mass is 10.0. The maximum absolute atomic E-state index is 6.34. The van der Waals surface area contributed by atoms with Gasteiger partial charge >= 0.3 is 0 Å². The van der Waals surface area contributed by atoms with Crippen molar-refractivity contribution in [2.45, 2.75) is 13.8 Å². The van der Waals surface area contributed by atoms with Crippen LogP contribution in [0.2, 0.25) is 10.0 Å². The quantitative estimate of drug-likeness (QED) is 0.216. The lowest BCUT2D eigenvalue weighted by Gasteiger charge is -2.21. The second-order valence-corrected chi connectivity index (χ2v) is 8.24. The Bertz CT molecular complexity index is 1490. The second-order valence-electron chi connectivity index (χ2n) is 7.40. The highest BCUT2D eigenvalue weighted by molar-refractivity contribution is 6.35. The Morgan fingerprint density at radius 3 is 2.50 bits per heavy atom. The first-order chi connectivity index (χ1) is 15.6. The first-order valence-electron chi connectivity index (χ1n) is 10.4. The molecule has 0 amide bonds. The lowest BCUT2D eigenvalue weighted by Crippen LogP contribution is -2.21. The van der Waals surface area contributed by atoms with E-state index in [1.165, 1.54) is 6.20 Å². The summed E-state index contributed by atoms with van der Waals surface area (Å²) in [7, 11) is 0. The maximum Gasteiger partial charge on any atom is 0.171 e. The predicted octanol–water partition coefficient (Wildman–Crippen LogP) is 6.87. The summed E-state index contributed by atoms with van der Waals surface area (Å²) in [6, 6.07) is 17.6. The van der Waals surface area contributed by atoms with E-state index in [9.17, 15) is 0 Å². The highest BCUT2D eigenvalue weighted by atomic mass is 35.5. The molecule has 0 saturated carbocycles. The van der Waals surface area contributed by atoms with E-state index in [1.807, 2.05) is 42.5 Å². The molecule has 0 atom stereocenters. The molecular formula is C25H20Cl2N4O. The fraction of sp³-hybridized carbons (Fsp3) is 0.160. The molecule has 0 N–H and O–H groups in total. The molecule has 0 spiro atoms. The van der Waals surface area contributed by atoms with Crippen LogP contribution in [0.1, 0.15) is 13.8 Å². The molecule has 2 heterocycles. The van der Waals surface area contributed by atoms with Gasteiger partial charge in [0.05, 0.1) is 15.4 Å². The van der Waals surface area contributed by atoms with Gasteiger partial charge in [-0.1, -0.05) is 47.5 Å². The van der Waals surface area contributed by atoms with E-state index in [4.69, 9.17) is 37.6 Å². The highest BCUT2D eigenvalue weighted by Crippen LogP contribution is 2.32. The van der Waals surface area contributed by atoms with Crippen molar-refractivity contribution >= 4 is 56.6 Å². The van der Waals surface area contributed by atoms with Crippen LogP contribution >= 0.6 is 23.2 Å². The Balaban J connectivity index is 1.80. The van der Waals surface area contributed by atoms with Crippen molar-refractivity contribution in [2.24, 2.45) is 4.99 Å². The van der Waals surface area contributed by atoms with Gasteiger partial charge in [-0.3, -0.25) is 0 Å². The molecule has 2 aliphatic rings. The van der Waals surface area contributed by atoms with Crippen LogP contribution in [-0.2, 0) is 0 Å². The fourth-order valence-corrected chi connectivity index (χ4v) is 4.33. The van der Waals surface area contributed by atoms with Gasteiger partial charge < -0.3 is 9.32 Å². The summed E-state index contributed by atoms with van der Waals surface area (Å²) < 4.78 is 6.34. The van der Waals surface area contributed by atoms with Gasteiger partial charge in [-0.15, -0.1) is 0 Å². The van der Waals surface area contributed by atoms with E-state index >= 15 is 0 Å². The minimum absolute atomic E-state index is 0.388. The Labute approximate surface area is 195 Å². The average Bonchev–Trinajstić information content (AvgIpc) is 2.80. The molecule has 0 saturated heterocycles. The van der Waals surface area contributed by atoms with Crippen molar-refractivity contribution in [2.75, 3.05) is 18.0 Å². The van der Waals surface area contributed by atoms with Gasteiger partial charge in [0.25, 0.3) is 0 Å². The normalized spacial score (nSPS) is 12.2. The third-order valence-electron chi connectivity index (χ3n) is 5.50. The molecule has 1 aliphatic heterocycles. The van der Waals surface area contributed by atoms with Gasteiger partial charge in [-0.05, 0) is 32.0 Å². The number of aromatic nitrogens is 2. The molecular weight excluding hydrogens is 443 g/mol. The van der Waals surface area contributed by atoms with Gasteiger partial charge in [-0.25, -0.2) is 15.0 Å². The number of benzene rings is 3. The van der Waals surface area contributed by atoms with Gasteiger partial charge in [0.1, 0.15) is 11.2 Å². The number of halogens is 2. The standard InChI is InChI=1S/C25H20Cl2N4O/c1-3-31(4-2)16-9-10-20-22(12-16)32-23-13-21(30-25-19(27)11-15(26)14-28-25)17-7-5-6-8-18(17)24(23)29-20/h5-14H,3-4H2,1-2H3/b30-21-. The Hall–Kier alpha value is -3.15. The van der Waals surface area contributed by atoms with Crippen LogP contribution < -0.4 is 10.3 Å². The first-order valence-corrected chi connectivity index (χ1v) is 11.2. The number of fused-ring (bicyclic) bond motifs is 4. The molecule has 5 nitrogen and oxygen atoms in total. The summed E-state index contributed by atoms with van der Waals surface area (Å²) in [6.07, 6.45) is 1.53. The predicted molar refractivity (Wildman–Crippen MR) is 131 cm³/mol. The number of hydrogen-bond acceptors (Lipinski definition) is 5. The zero-order valence-electron chi connectivity index (χ0n) is 17.6. The van der Waals surface area contributed by atoms with Crippen molar-refractivity contribution in [3.63, 3.8) is 0 Å². The molecule has 1 aliphatic carbocycles. The molecule has 0 bridgehead atoms. The maximum atomic E-state index is 6.34. The zero-order chi connectivity index (χ0) is 22.2. The summed E-state index contributed by atoms with van der Waals surface area (Å²) in [5, 5.41) is 3.45. The molecule has 1 aromatic heterocycles. The molecule has 2 aromatic carbocycles. The van der Waals surface area contributed by atoms with E-state index in [2.05, 4.69) is 29.8 Å². The average molecular weight is 463 g/mol. The zero-order valence-corrected chi connectivity index (χ0v) is 19.2. The van der Waals surface area contributed by atoms with Crippen LogP contribution in [0.3, 0.4) is 0 Å². The number of hydrogen-bond donors (Lipinski definition) is 0. The molecule has 32 heavy (non-hydrogen) atoms. The van der Waals surface area contributed by atoms with Crippen molar-refractivity contribution in [3.8, 4) is 11.5 Å². The van der Waals surface area contributed by atoms with Crippen LogP contribution in [0.25, 0.3) is 33.3 Å². The SMILES string of the molecule is CCN(CC)c1ccc2nc3c4ccccc4/c(=N\c4ncc(Cl)cc4Cl)cc-3oc2c1. The van der Waals surface area contributed by atoms with Crippen LogP contribution in [0.5, 0.6) is 0 Å². The summed E-state index contributed by atoms with van der Waals surface area (Å²) >= 11 is 12.3. The van der Waals surface area contributed by atoms with Crippen LogP contribution in [0, 0.1) is 0 Å². The van der Waals surface area contributed by atoms with Gasteiger partial charge in [-0.2, -0.15) is 0 Å². The van der Waals surface area contributed by atoms with Crippen molar-refractivity contribution in [1.29, 1.82) is 0 Å². The van der Waals surface area contributed by atoms with Crippen LogP contribution in [0.4, 0.5) is 11.5 Å². The number of nitrogens with zero attached hydrogens (tertiary/aromatic N) is 4. The molecule has 0 radical (unpaired) electrons. The summed E-state index contributed by atoms with van der Waals surface area (Å²) in [6.45, 7) is 6.12. The topological polar surface area (TPSA) is 54.5 Å². The van der Waals surface area contributed by atoms with E-state index < -0.39 is 0 Å². The fourth-order valence-electron chi connectivity index (χ4n) is 3.91. The Kier molecular flexibility index (Phi) is 5.45. The summed E-state index contributed by atoms with van der Waals surface area (Å²) in [5.74, 6) is 1.05. The molecule has 0 fully saturated rings. The first kappa shape index (κ1) is 20.7. The minimum atomic E-state index is 0.388. The van der Waals surface area contributed by atoms with E-state index in [1.54, 1.807) is 6.07 Å². The van der Waals surface area contributed by atoms with Gasteiger partial charge in [0.15, 0.2) is 17.2 Å². The Morgan fingerprint density at radius 1 is 0.969 bits per heavy atom. The van der Waals surface area contributed by atoms with E-state index in [-0.39, 0.29) is 0 Å². The Morgan fingerprint density at radius 2 is 1.75 bits per heavy atom. The molecule has 0 unspecified atom stereocenters. The van der Waals surface area contributed by atoms with Gasteiger partial charge in [0, 0.05) is 47.9 Å². The summed E-state index contributed by atoms with van der Waals surface area (Å²) in [5.41, 5.74) is 3.43. The van der Waals surface area contributed by atoms with Crippen LogP contribution in [-0.4, -0.2) is 23.1 Å². The molecule has 3 aromatic rings. The third kappa shape index (κ3) is 3.68. The minimum Gasteiger partial charge on any atom is -0.453 e. The number of anilines is 1. The summed E-state index contributed by atoms with van der Waals surface area (Å²) in [4.78, 5) is 16.2. The van der Waals surface area contributed by atoms with E-state index in [0.717, 1.165) is 46.3 Å². The van der Waals surface area contributed by atoms with E-state index in [0.29, 0.717) is 27.0 Å². The van der Waals surface area contributed by atoms with Crippen molar-refractivity contribution in [3.05, 3.63) is 76.2 Å².